The second-order valence-corrected chi connectivity index (χ2v) is 18.2. The quantitative estimate of drug-likeness (QED) is 0.164. The first-order chi connectivity index (χ1) is 29.4. The third-order valence-corrected chi connectivity index (χ3v) is 14.2. The minimum atomic E-state index is 0.0511. The van der Waals surface area contributed by atoms with Crippen molar-refractivity contribution in [3.63, 3.8) is 0 Å². The summed E-state index contributed by atoms with van der Waals surface area (Å²) in [5.41, 5.74) is 20.3. The molecular weight excluding hydrogens is 727 g/mol. The Morgan fingerprint density at radius 1 is 0.717 bits per heavy atom. The Hall–Kier alpha value is -6.12. The summed E-state index contributed by atoms with van der Waals surface area (Å²) in [5.74, 6) is 2.07. The molecule has 6 aliphatic carbocycles. The summed E-state index contributed by atoms with van der Waals surface area (Å²) in [7, 11) is 0. The Bertz CT molecular complexity index is 2820. The van der Waals surface area contributed by atoms with Crippen LogP contribution in [0.3, 0.4) is 0 Å². The van der Waals surface area contributed by atoms with Gasteiger partial charge in [-0.1, -0.05) is 160 Å². The van der Waals surface area contributed by atoms with Gasteiger partial charge in [0.25, 0.3) is 0 Å². The molecule has 11 rings (SSSR count). The topological polar surface area (TPSA) is 16.4 Å². The Morgan fingerprint density at radius 2 is 1.57 bits per heavy atom. The van der Waals surface area contributed by atoms with Gasteiger partial charge in [0.05, 0.1) is 0 Å². The maximum Gasteiger partial charge on any atom is 0.135 e. The summed E-state index contributed by atoms with van der Waals surface area (Å²) in [6, 6.07) is 35.8. The second kappa shape index (κ2) is 14.9. The van der Waals surface area contributed by atoms with E-state index in [1.54, 1.807) is 5.57 Å². The van der Waals surface area contributed by atoms with Crippen molar-refractivity contribution in [1.82, 2.24) is 0 Å². The maximum atomic E-state index is 6.52. The monoisotopic (exact) mass is 779 g/mol. The van der Waals surface area contributed by atoms with Crippen LogP contribution in [0, 0.1) is 11.8 Å². The third kappa shape index (κ3) is 6.23. The highest BCUT2D eigenvalue weighted by atomic mass is 16.3. The van der Waals surface area contributed by atoms with Crippen molar-refractivity contribution in [3.05, 3.63) is 220 Å². The van der Waals surface area contributed by atoms with Crippen LogP contribution in [-0.2, 0) is 11.8 Å². The molecular formula is C58H53NO. The number of aryl methyl sites for hydroxylation is 1. The maximum absolute atomic E-state index is 6.52. The summed E-state index contributed by atoms with van der Waals surface area (Å²) in [6.45, 7) is 7.29. The molecule has 1 heterocycles. The van der Waals surface area contributed by atoms with Crippen LogP contribution >= 0.6 is 0 Å². The van der Waals surface area contributed by atoms with Crippen LogP contribution in [0.5, 0.6) is 0 Å². The van der Waals surface area contributed by atoms with Gasteiger partial charge in [0.2, 0.25) is 0 Å². The van der Waals surface area contributed by atoms with Gasteiger partial charge >= 0.3 is 0 Å². The largest absolute Gasteiger partial charge is 0.456 e. The van der Waals surface area contributed by atoms with Crippen molar-refractivity contribution in [2.24, 2.45) is 11.8 Å². The van der Waals surface area contributed by atoms with Gasteiger partial charge in [0.15, 0.2) is 0 Å². The van der Waals surface area contributed by atoms with E-state index in [0.29, 0.717) is 17.8 Å². The fraction of sp³-hybridized carbons (Fsp3) is 0.241. The highest BCUT2D eigenvalue weighted by molar-refractivity contribution is 5.90. The molecule has 3 atom stereocenters. The molecule has 0 aliphatic heterocycles. The Labute approximate surface area is 355 Å². The molecule has 0 radical (unpaired) electrons. The van der Waals surface area contributed by atoms with E-state index in [1.165, 1.54) is 78.1 Å². The van der Waals surface area contributed by atoms with Crippen LogP contribution < -0.4 is 4.90 Å². The number of benzene rings is 4. The van der Waals surface area contributed by atoms with Crippen LogP contribution in [0.2, 0.25) is 0 Å². The molecule has 0 spiro atoms. The van der Waals surface area contributed by atoms with Crippen molar-refractivity contribution in [3.8, 4) is 0 Å². The van der Waals surface area contributed by atoms with Crippen molar-refractivity contribution in [2.45, 2.75) is 77.0 Å². The minimum absolute atomic E-state index is 0.0511. The average molecular weight is 780 g/mol. The number of hydrogen-bond donors (Lipinski definition) is 0. The number of allylic oxidation sites excluding steroid dienone is 17. The van der Waals surface area contributed by atoms with E-state index in [1.807, 2.05) is 0 Å². The van der Waals surface area contributed by atoms with Gasteiger partial charge in [-0.25, -0.2) is 0 Å². The van der Waals surface area contributed by atoms with Crippen molar-refractivity contribution in [1.29, 1.82) is 0 Å². The summed E-state index contributed by atoms with van der Waals surface area (Å²) < 4.78 is 6.52. The van der Waals surface area contributed by atoms with Crippen LogP contribution in [0.4, 0.5) is 5.69 Å². The lowest BCUT2D eigenvalue weighted by Gasteiger charge is -2.36. The van der Waals surface area contributed by atoms with Gasteiger partial charge in [-0.15, -0.1) is 0 Å². The Morgan fingerprint density at radius 3 is 2.40 bits per heavy atom. The van der Waals surface area contributed by atoms with E-state index in [-0.39, 0.29) is 5.41 Å². The highest BCUT2D eigenvalue weighted by Gasteiger charge is 2.40. The molecule has 0 amide bonds. The molecule has 0 N–H and O–H groups in total. The smallest absolute Gasteiger partial charge is 0.135 e. The molecule has 5 aromatic rings. The fourth-order valence-electron chi connectivity index (χ4n) is 11.2. The number of furan rings is 1. The molecule has 3 unspecified atom stereocenters. The Kier molecular flexibility index (Phi) is 9.14. The summed E-state index contributed by atoms with van der Waals surface area (Å²) in [5, 5.41) is 1.27. The third-order valence-electron chi connectivity index (χ3n) is 14.2. The number of rotatable bonds is 7. The molecule has 6 aliphatic rings. The second-order valence-electron chi connectivity index (χ2n) is 18.2. The standard InChI is InChI=1S/C58H53NO/c1-38-36-43(39-14-5-4-6-15-39)30-35-54(38)59(46-33-28-41(29-34-46)47-20-12-22-51-49-18-7-9-24-53(49)58(2,3)56(47)51)45-31-26-40(27-32-45)42-16-11-17-44(37-42)48-21-13-23-52-50-19-8-10-25-55(50)60-57(48)52/h4-8,10-12,14-16,18-22,25-28,30-35,37-38,41,44H,9,13,17,23-24,29,36H2,1-3H3. The molecule has 0 saturated heterocycles. The summed E-state index contributed by atoms with van der Waals surface area (Å²) >= 11 is 0. The zero-order valence-electron chi connectivity index (χ0n) is 35.1. The predicted molar refractivity (Wildman–Crippen MR) is 252 cm³/mol. The molecule has 60 heavy (non-hydrogen) atoms. The first kappa shape index (κ1) is 36.9. The van der Waals surface area contributed by atoms with Gasteiger partial charge < -0.3 is 9.32 Å². The number of fused-ring (bicyclic) bond motifs is 5. The predicted octanol–water partition coefficient (Wildman–Crippen LogP) is 15.3. The highest BCUT2D eigenvalue weighted by Crippen LogP contribution is 2.53. The molecule has 296 valence electrons. The number of para-hydroxylation sites is 1. The molecule has 4 aromatic carbocycles. The SMILES string of the molecule is CC1CC(c2ccccc2)=CC=C1N(C1=CCC(c2cccc3c2C(C)(C)C2=C3C=CCC2)C=C1)c1ccc(C2=CC(C3=CCCc4c3oc3ccccc43)CC=C2)cc1. The fourth-order valence-corrected chi connectivity index (χ4v) is 11.2. The first-order valence-electron chi connectivity index (χ1n) is 22.3. The minimum Gasteiger partial charge on any atom is -0.456 e. The van der Waals surface area contributed by atoms with Gasteiger partial charge in [0.1, 0.15) is 11.3 Å². The molecule has 2 heteroatoms. The molecule has 1 aromatic heterocycles. The zero-order chi connectivity index (χ0) is 40.4. The van der Waals surface area contributed by atoms with Gasteiger partial charge in [0, 0.05) is 51.2 Å². The average Bonchev–Trinajstić information content (AvgIpc) is 3.80. The lowest BCUT2D eigenvalue weighted by molar-refractivity contribution is 0.578. The van der Waals surface area contributed by atoms with E-state index < -0.39 is 0 Å². The van der Waals surface area contributed by atoms with Crippen molar-refractivity contribution < 1.29 is 4.42 Å². The van der Waals surface area contributed by atoms with Crippen LogP contribution in [0.1, 0.15) is 104 Å². The molecule has 0 fully saturated rings. The first-order valence-corrected chi connectivity index (χ1v) is 22.3. The normalized spacial score (nSPS) is 22.6. The number of hydrogen-bond acceptors (Lipinski definition) is 2. The summed E-state index contributed by atoms with van der Waals surface area (Å²) in [4.78, 5) is 2.54. The van der Waals surface area contributed by atoms with Crippen molar-refractivity contribution in [2.75, 3.05) is 4.90 Å². The van der Waals surface area contributed by atoms with Gasteiger partial charge in [-0.05, 0) is 125 Å². The zero-order valence-corrected chi connectivity index (χ0v) is 35.1. The molecule has 2 nitrogen and oxygen atoms in total. The number of nitrogens with zero attached hydrogens (tertiary/aromatic N) is 1. The molecule has 0 saturated carbocycles. The molecule has 0 bridgehead atoms. The van der Waals surface area contributed by atoms with E-state index in [0.717, 1.165) is 56.3 Å². The lowest BCUT2D eigenvalue weighted by atomic mass is 9.74. The van der Waals surface area contributed by atoms with E-state index in [4.69, 9.17) is 4.42 Å². The van der Waals surface area contributed by atoms with Crippen LogP contribution in [0.15, 0.2) is 185 Å². The lowest BCUT2D eigenvalue weighted by Crippen LogP contribution is -2.27. The van der Waals surface area contributed by atoms with Crippen molar-refractivity contribution >= 4 is 38.9 Å². The summed E-state index contributed by atoms with van der Waals surface area (Å²) in [6.07, 6.45) is 33.8. The van der Waals surface area contributed by atoms with E-state index in [9.17, 15) is 0 Å². The van der Waals surface area contributed by atoms with Gasteiger partial charge in [-0.3, -0.25) is 0 Å². The van der Waals surface area contributed by atoms with E-state index in [2.05, 4.69) is 190 Å². The number of anilines is 1. The van der Waals surface area contributed by atoms with Crippen LogP contribution in [-0.4, -0.2) is 0 Å². The Balaban J connectivity index is 0.916. The van der Waals surface area contributed by atoms with E-state index >= 15 is 0 Å². The van der Waals surface area contributed by atoms with Gasteiger partial charge in [-0.2, -0.15) is 0 Å². The van der Waals surface area contributed by atoms with Crippen LogP contribution in [0.25, 0.3) is 33.3 Å².